The number of hydrogen-bond acceptors (Lipinski definition) is 6. The van der Waals surface area contributed by atoms with E-state index in [1.807, 2.05) is 41.1 Å². The summed E-state index contributed by atoms with van der Waals surface area (Å²) in [4.78, 5) is 20.3. The molecule has 0 unspecified atom stereocenters. The minimum Gasteiger partial charge on any atom is -0.397 e. The van der Waals surface area contributed by atoms with Gasteiger partial charge in [0.2, 0.25) is 0 Å². The van der Waals surface area contributed by atoms with Crippen molar-refractivity contribution < 1.29 is 18.0 Å². The number of benzene rings is 1. The van der Waals surface area contributed by atoms with Gasteiger partial charge in [0.05, 0.1) is 27.5 Å². The number of thiophene rings is 3. The molecule has 0 saturated carbocycles. The third-order valence-corrected chi connectivity index (χ3v) is 7.84. The normalized spacial score (nSPS) is 11.7. The van der Waals surface area contributed by atoms with Gasteiger partial charge in [0.15, 0.2) is 0 Å². The number of nitrogens with one attached hydrogen (secondary N) is 1. The van der Waals surface area contributed by atoms with Gasteiger partial charge in [-0.3, -0.25) is 4.79 Å². The van der Waals surface area contributed by atoms with Crippen molar-refractivity contribution in [2.45, 2.75) is 6.18 Å². The summed E-state index contributed by atoms with van der Waals surface area (Å²) < 4.78 is 40.1. The van der Waals surface area contributed by atoms with Crippen molar-refractivity contribution in [3.63, 3.8) is 0 Å². The fraction of sp³-hybridized carbons (Fsp3) is 0.0435. The highest BCUT2D eigenvalue weighted by Gasteiger charge is 2.34. The average molecular weight is 502 g/mol. The van der Waals surface area contributed by atoms with Gasteiger partial charge < -0.3 is 11.1 Å². The SMILES string of the molecule is Nc1c(C(=O)Nc2ccccc2C(F)(F)F)sc2nc(-c3cccs3)cc(-c3cccs3)c12. The molecule has 0 aliphatic carbocycles. The van der Waals surface area contributed by atoms with Crippen LogP contribution in [0.4, 0.5) is 24.5 Å². The molecule has 33 heavy (non-hydrogen) atoms. The predicted molar refractivity (Wildman–Crippen MR) is 130 cm³/mol. The van der Waals surface area contributed by atoms with Gasteiger partial charge in [-0.2, -0.15) is 13.2 Å². The molecule has 0 spiro atoms. The number of rotatable bonds is 4. The van der Waals surface area contributed by atoms with Crippen molar-refractivity contribution in [3.05, 3.63) is 75.8 Å². The lowest BCUT2D eigenvalue weighted by atomic mass is 10.1. The fourth-order valence-corrected chi connectivity index (χ4v) is 5.93. The van der Waals surface area contributed by atoms with E-state index in [9.17, 15) is 18.0 Å². The first-order valence-corrected chi connectivity index (χ1v) is 12.2. The first-order chi connectivity index (χ1) is 15.8. The Labute approximate surface area is 198 Å². The molecule has 3 N–H and O–H groups in total. The molecule has 1 amide bonds. The molecular weight excluding hydrogens is 487 g/mol. The summed E-state index contributed by atoms with van der Waals surface area (Å²) in [7, 11) is 0. The van der Waals surface area contributed by atoms with E-state index in [-0.39, 0.29) is 16.3 Å². The Hall–Kier alpha value is -3.21. The number of halogens is 3. The maximum absolute atomic E-state index is 13.4. The molecule has 0 bridgehead atoms. The minimum atomic E-state index is -4.60. The smallest absolute Gasteiger partial charge is 0.397 e. The summed E-state index contributed by atoms with van der Waals surface area (Å²) in [6, 6.07) is 14.5. The Balaban J connectivity index is 1.63. The van der Waals surface area contributed by atoms with Gasteiger partial charge >= 0.3 is 6.18 Å². The van der Waals surface area contributed by atoms with Crippen LogP contribution in [0, 0.1) is 0 Å². The third kappa shape index (κ3) is 4.01. The molecule has 10 heteroatoms. The minimum absolute atomic E-state index is 0.121. The van der Waals surface area contributed by atoms with Crippen LogP contribution in [0.2, 0.25) is 0 Å². The lowest BCUT2D eigenvalue weighted by Crippen LogP contribution is -2.16. The summed E-state index contributed by atoms with van der Waals surface area (Å²) in [5.74, 6) is -0.706. The molecule has 0 fully saturated rings. The van der Waals surface area contributed by atoms with E-state index >= 15 is 0 Å². The number of anilines is 2. The average Bonchev–Trinajstić information content (AvgIpc) is 3.54. The van der Waals surface area contributed by atoms with E-state index in [0.717, 1.165) is 38.4 Å². The molecule has 4 aromatic heterocycles. The predicted octanol–water partition coefficient (Wildman–Crippen LogP) is 7.61. The number of nitrogens with two attached hydrogens (primary N) is 1. The van der Waals surface area contributed by atoms with E-state index in [1.165, 1.54) is 29.5 Å². The van der Waals surface area contributed by atoms with Crippen LogP contribution < -0.4 is 11.1 Å². The second-order valence-corrected chi connectivity index (χ2v) is 9.93. The second-order valence-electron chi connectivity index (χ2n) is 7.03. The fourth-order valence-electron chi connectivity index (χ4n) is 3.48. The Morgan fingerprint density at radius 2 is 1.67 bits per heavy atom. The van der Waals surface area contributed by atoms with Gasteiger partial charge in [-0.25, -0.2) is 4.98 Å². The molecule has 5 aromatic rings. The number of aromatic nitrogens is 1. The van der Waals surface area contributed by atoms with Crippen molar-refractivity contribution in [2.24, 2.45) is 0 Å². The standard InChI is InChI=1S/C23H14F3N3OS3/c24-23(25,26)13-5-1-2-6-14(13)28-21(30)20-19(27)18-12(16-7-3-9-31-16)11-15(29-22(18)33-20)17-8-4-10-32-17/h1-11H,27H2,(H,28,30). The van der Waals surface area contributed by atoms with E-state index in [0.29, 0.717) is 10.2 Å². The molecule has 0 radical (unpaired) electrons. The summed E-state index contributed by atoms with van der Waals surface area (Å²) in [5.41, 5.74) is 6.93. The Bertz CT molecular complexity index is 1460. The zero-order valence-corrected chi connectivity index (χ0v) is 19.1. The van der Waals surface area contributed by atoms with Gasteiger partial charge in [0, 0.05) is 15.8 Å². The van der Waals surface area contributed by atoms with Crippen LogP contribution in [0.15, 0.2) is 65.4 Å². The second kappa shape index (κ2) is 8.29. The lowest BCUT2D eigenvalue weighted by molar-refractivity contribution is -0.136. The van der Waals surface area contributed by atoms with Crippen molar-refractivity contribution in [2.75, 3.05) is 11.1 Å². The van der Waals surface area contributed by atoms with E-state index in [4.69, 9.17) is 10.7 Å². The summed E-state index contributed by atoms with van der Waals surface area (Å²) >= 11 is 4.14. The first kappa shape index (κ1) is 21.6. The maximum atomic E-state index is 13.4. The van der Waals surface area contributed by atoms with E-state index in [2.05, 4.69) is 5.32 Å². The highest BCUT2D eigenvalue weighted by Crippen LogP contribution is 2.43. The third-order valence-electron chi connectivity index (χ3n) is 4.95. The van der Waals surface area contributed by atoms with Crippen LogP contribution in [0.25, 0.3) is 31.2 Å². The van der Waals surface area contributed by atoms with Gasteiger partial charge in [-0.15, -0.1) is 34.0 Å². The molecule has 4 heterocycles. The van der Waals surface area contributed by atoms with Crippen LogP contribution in [0.1, 0.15) is 15.2 Å². The van der Waals surface area contributed by atoms with Gasteiger partial charge in [0.1, 0.15) is 9.71 Å². The zero-order valence-electron chi connectivity index (χ0n) is 16.6. The molecule has 0 saturated heterocycles. The number of hydrogen-bond donors (Lipinski definition) is 2. The maximum Gasteiger partial charge on any atom is 0.418 e. The number of fused-ring (bicyclic) bond motifs is 1. The quantitative estimate of drug-likeness (QED) is 0.266. The van der Waals surface area contributed by atoms with Crippen LogP contribution in [0.3, 0.4) is 0 Å². The largest absolute Gasteiger partial charge is 0.418 e. The van der Waals surface area contributed by atoms with E-state index in [1.54, 1.807) is 11.3 Å². The highest BCUT2D eigenvalue weighted by atomic mass is 32.1. The van der Waals surface area contributed by atoms with Crippen LogP contribution in [0.5, 0.6) is 0 Å². The molecule has 0 atom stereocenters. The molecule has 0 aliphatic heterocycles. The van der Waals surface area contributed by atoms with Crippen molar-refractivity contribution in [1.29, 1.82) is 0 Å². The topological polar surface area (TPSA) is 68.0 Å². The molecule has 166 valence electrons. The Kier molecular flexibility index (Phi) is 5.43. The van der Waals surface area contributed by atoms with Crippen molar-refractivity contribution >= 4 is 61.5 Å². The van der Waals surface area contributed by atoms with Crippen molar-refractivity contribution in [3.8, 4) is 21.0 Å². The van der Waals surface area contributed by atoms with Crippen LogP contribution in [-0.2, 0) is 6.18 Å². The molecule has 1 aromatic carbocycles. The molecule has 5 rings (SSSR count). The van der Waals surface area contributed by atoms with E-state index < -0.39 is 17.6 Å². The molecule has 4 nitrogen and oxygen atoms in total. The molecular formula is C23H14F3N3OS3. The number of nitrogen functional groups attached to an aromatic ring is 1. The number of carbonyl (C=O) groups is 1. The van der Waals surface area contributed by atoms with Crippen LogP contribution >= 0.6 is 34.0 Å². The number of pyridine rings is 1. The number of nitrogens with zero attached hydrogens (tertiary/aromatic N) is 1. The Morgan fingerprint density at radius 3 is 2.33 bits per heavy atom. The summed E-state index contributed by atoms with van der Waals surface area (Å²) in [5, 5.41) is 6.89. The number of carbonyl (C=O) groups excluding carboxylic acids is 1. The number of alkyl halides is 3. The van der Waals surface area contributed by atoms with Gasteiger partial charge in [0.25, 0.3) is 5.91 Å². The van der Waals surface area contributed by atoms with Crippen LogP contribution in [-0.4, -0.2) is 10.9 Å². The lowest BCUT2D eigenvalue weighted by Gasteiger charge is -2.13. The highest BCUT2D eigenvalue weighted by molar-refractivity contribution is 7.21. The number of para-hydroxylation sites is 1. The summed E-state index contributed by atoms with van der Waals surface area (Å²) in [6.45, 7) is 0. The van der Waals surface area contributed by atoms with Gasteiger partial charge in [-0.1, -0.05) is 24.3 Å². The number of amides is 1. The van der Waals surface area contributed by atoms with Gasteiger partial charge in [-0.05, 0) is 41.1 Å². The first-order valence-electron chi connectivity index (χ1n) is 9.61. The van der Waals surface area contributed by atoms with Crippen molar-refractivity contribution in [1.82, 2.24) is 4.98 Å². The monoisotopic (exact) mass is 501 g/mol. The Morgan fingerprint density at radius 1 is 0.970 bits per heavy atom. The molecule has 0 aliphatic rings. The zero-order chi connectivity index (χ0) is 23.2. The summed E-state index contributed by atoms with van der Waals surface area (Å²) in [6.07, 6.45) is -4.60.